The molecule has 2 fully saturated rings. The van der Waals surface area contributed by atoms with Crippen molar-refractivity contribution in [3.05, 3.63) is 35.1 Å². The largest absolute Gasteiger partial charge is 0.465 e. The number of ether oxygens (including phenoxy) is 2. The number of rotatable bonds is 3. The van der Waals surface area contributed by atoms with Crippen molar-refractivity contribution >= 4 is 5.97 Å². The Morgan fingerprint density at radius 3 is 2.65 bits per heavy atom. The molecule has 5 heteroatoms. The van der Waals surface area contributed by atoms with Crippen LogP contribution in [0.5, 0.6) is 0 Å². The maximum Gasteiger partial charge on any atom is 0.340 e. The van der Waals surface area contributed by atoms with Gasteiger partial charge in [0.25, 0.3) is 0 Å². The second-order valence-electron chi connectivity index (χ2n) is 5.32. The molecule has 0 unspecified atom stereocenters. The van der Waals surface area contributed by atoms with Gasteiger partial charge in [0.15, 0.2) is 0 Å². The number of carbonyl (C=O) groups is 1. The minimum absolute atomic E-state index is 0.0181. The van der Waals surface area contributed by atoms with Crippen molar-refractivity contribution in [1.82, 2.24) is 4.90 Å². The van der Waals surface area contributed by atoms with Crippen LogP contribution in [-0.4, -0.2) is 44.3 Å². The van der Waals surface area contributed by atoms with E-state index < -0.39 is 11.8 Å². The molecule has 4 nitrogen and oxygen atoms in total. The summed E-state index contributed by atoms with van der Waals surface area (Å²) in [5, 5.41) is 0. The molecule has 1 heterocycles. The van der Waals surface area contributed by atoms with Crippen molar-refractivity contribution in [2.75, 3.05) is 33.4 Å². The molecule has 0 spiro atoms. The molecule has 0 bridgehead atoms. The van der Waals surface area contributed by atoms with Crippen LogP contribution in [0.1, 0.15) is 28.8 Å². The summed E-state index contributed by atoms with van der Waals surface area (Å²) >= 11 is 0. The predicted molar refractivity (Wildman–Crippen MR) is 71.0 cm³/mol. The third-order valence-corrected chi connectivity index (χ3v) is 4.25. The average molecular weight is 279 g/mol. The fourth-order valence-corrected chi connectivity index (χ4v) is 2.98. The summed E-state index contributed by atoms with van der Waals surface area (Å²) in [7, 11) is 1.27. The topological polar surface area (TPSA) is 38.8 Å². The lowest BCUT2D eigenvalue weighted by Crippen LogP contribution is -2.43. The summed E-state index contributed by atoms with van der Waals surface area (Å²) in [6.45, 7) is 3.22. The highest BCUT2D eigenvalue weighted by Gasteiger charge is 2.49. The third kappa shape index (κ3) is 2.21. The van der Waals surface area contributed by atoms with Gasteiger partial charge >= 0.3 is 5.97 Å². The zero-order valence-corrected chi connectivity index (χ0v) is 11.5. The number of benzene rings is 1. The SMILES string of the molecule is COC(=O)c1cc(C2(N3CCOCC3)CC2)ccc1F. The minimum atomic E-state index is -0.623. The van der Waals surface area contributed by atoms with Crippen LogP contribution in [0.3, 0.4) is 0 Å². The van der Waals surface area contributed by atoms with Crippen molar-refractivity contribution in [2.45, 2.75) is 18.4 Å². The van der Waals surface area contributed by atoms with Gasteiger partial charge < -0.3 is 9.47 Å². The van der Waals surface area contributed by atoms with Crippen molar-refractivity contribution < 1.29 is 18.7 Å². The molecular formula is C15H18FNO3. The molecule has 0 radical (unpaired) electrons. The summed E-state index contributed by atoms with van der Waals surface area (Å²) in [4.78, 5) is 14.0. The number of morpholine rings is 1. The van der Waals surface area contributed by atoms with Gasteiger partial charge in [0, 0.05) is 18.6 Å². The second-order valence-corrected chi connectivity index (χ2v) is 5.32. The third-order valence-electron chi connectivity index (χ3n) is 4.25. The van der Waals surface area contributed by atoms with Gasteiger partial charge in [-0.1, -0.05) is 6.07 Å². The Balaban J connectivity index is 1.92. The number of hydrogen-bond acceptors (Lipinski definition) is 4. The molecule has 1 aliphatic heterocycles. The van der Waals surface area contributed by atoms with Crippen LogP contribution in [-0.2, 0) is 15.0 Å². The van der Waals surface area contributed by atoms with E-state index in [2.05, 4.69) is 9.64 Å². The highest BCUT2D eigenvalue weighted by atomic mass is 19.1. The van der Waals surface area contributed by atoms with Gasteiger partial charge in [-0.15, -0.1) is 0 Å². The summed E-state index contributed by atoms with van der Waals surface area (Å²) < 4.78 is 23.7. The monoisotopic (exact) mass is 279 g/mol. The van der Waals surface area contributed by atoms with Crippen LogP contribution >= 0.6 is 0 Å². The highest BCUT2D eigenvalue weighted by molar-refractivity contribution is 5.89. The molecular weight excluding hydrogens is 261 g/mol. The molecule has 1 aromatic rings. The lowest BCUT2D eigenvalue weighted by molar-refractivity contribution is 0.00829. The van der Waals surface area contributed by atoms with Gasteiger partial charge in [-0.2, -0.15) is 0 Å². The van der Waals surface area contributed by atoms with E-state index in [0.29, 0.717) is 0 Å². The quantitative estimate of drug-likeness (QED) is 0.793. The fraction of sp³-hybridized carbons (Fsp3) is 0.533. The predicted octanol–water partition coefficient (Wildman–Crippen LogP) is 1.93. The fourth-order valence-electron chi connectivity index (χ4n) is 2.98. The molecule has 0 aromatic heterocycles. The lowest BCUT2D eigenvalue weighted by Gasteiger charge is -2.35. The molecule has 20 heavy (non-hydrogen) atoms. The first-order valence-electron chi connectivity index (χ1n) is 6.88. The number of halogens is 1. The first-order chi connectivity index (χ1) is 9.67. The Labute approximate surface area is 117 Å². The van der Waals surface area contributed by atoms with Crippen molar-refractivity contribution in [3.63, 3.8) is 0 Å². The van der Waals surface area contributed by atoms with E-state index in [1.165, 1.54) is 13.2 Å². The first kappa shape index (κ1) is 13.5. The lowest BCUT2D eigenvalue weighted by atomic mass is 9.99. The van der Waals surface area contributed by atoms with Crippen molar-refractivity contribution in [2.24, 2.45) is 0 Å². The van der Waals surface area contributed by atoms with E-state index in [1.807, 2.05) is 0 Å². The molecule has 1 saturated heterocycles. The number of methoxy groups -OCH3 is 1. The Morgan fingerprint density at radius 1 is 1.35 bits per heavy atom. The molecule has 1 aromatic carbocycles. The van der Waals surface area contributed by atoms with Crippen LogP contribution in [0.25, 0.3) is 0 Å². The molecule has 1 aliphatic carbocycles. The van der Waals surface area contributed by atoms with Crippen LogP contribution < -0.4 is 0 Å². The van der Waals surface area contributed by atoms with Crippen molar-refractivity contribution in [1.29, 1.82) is 0 Å². The summed E-state index contributed by atoms with van der Waals surface area (Å²) in [6.07, 6.45) is 2.08. The van der Waals surface area contributed by atoms with Crippen LogP contribution in [0.2, 0.25) is 0 Å². The van der Waals surface area contributed by atoms with Gasteiger partial charge in [-0.3, -0.25) is 4.90 Å². The number of hydrogen-bond donors (Lipinski definition) is 0. The average Bonchev–Trinajstić information content (AvgIpc) is 3.29. The van der Waals surface area contributed by atoms with Gasteiger partial charge in [0.05, 0.1) is 25.9 Å². The Hall–Kier alpha value is -1.46. The molecule has 0 atom stereocenters. The summed E-state index contributed by atoms with van der Waals surface area (Å²) in [5.74, 6) is -1.15. The van der Waals surface area contributed by atoms with Gasteiger partial charge in [-0.05, 0) is 30.5 Å². The Kier molecular flexibility index (Phi) is 3.48. The number of nitrogens with zero attached hydrogens (tertiary/aromatic N) is 1. The smallest absolute Gasteiger partial charge is 0.340 e. The molecule has 1 saturated carbocycles. The molecule has 0 amide bonds. The van der Waals surface area contributed by atoms with E-state index in [9.17, 15) is 9.18 Å². The second kappa shape index (κ2) is 5.14. The van der Waals surface area contributed by atoms with E-state index in [0.717, 1.165) is 44.7 Å². The van der Waals surface area contributed by atoms with E-state index >= 15 is 0 Å². The van der Waals surface area contributed by atoms with Crippen LogP contribution in [0, 0.1) is 5.82 Å². The number of carbonyl (C=O) groups excluding carboxylic acids is 1. The van der Waals surface area contributed by atoms with Gasteiger partial charge in [0.1, 0.15) is 5.82 Å². The highest BCUT2D eigenvalue weighted by Crippen LogP contribution is 2.51. The normalized spacial score (nSPS) is 21.5. The summed E-state index contributed by atoms with van der Waals surface area (Å²) in [5.41, 5.74) is 0.978. The van der Waals surface area contributed by atoms with E-state index in [1.54, 1.807) is 12.1 Å². The molecule has 3 rings (SSSR count). The summed E-state index contributed by atoms with van der Waals surface area (Å²) in [6, 6.07) is 4.79. The first-order valence-corrected chi connectivity index (χ1v) is 6.88. The Bertz CT molecular complexity index is 522. The Morgan fingerprint density at radius 2 is 2.05 bits per heavy atom. The standard InChI is InChI=1S/C15H18FNO3/c1-19-14(18)12-10-11(2-3-13(12)16)15(4-5-15)17-6-8-20-9-7-17/h2-3,10H,4-9H2,1H3. The van der Waals surface area contributed by atoms with Crippen molar-refractivity contribution in [3.8, 4) is 0 Å². The maximum absolute atomic E-state index is 13.7. The maximum atomic E-state index is 13.7. The minimum Gasteiger partial charge on any atom is -0.465 e. The molecule has 2 aliphatic rings. The van der Waals surface area contributed by atoms with Gasteiger partial charge in [-0.25, -0.2) is 9.18 Å². The zero-order valence-electron chi connectivity index (χ0n) is 11.5. The van der Waals surface area contributed by atoms with Gasteiger partial charge in [0.2, 0.25) is 0 Å². The molecule has 108 valence electrons. The molecule has 0 N–H and O–H groups in total. The van der Waals surface area contributed by atoms with E-state index in [4.69, 9.17) is 4.74 Å². The van der Waals surface area contributed by atoms with Crippen LogP contribution in [0.4, 0.5) is 4.39 Å². The number of esters is 1. The van der Waals surface area contributed by atoms with E-state index in [-0.39, 0.29) is 11.1 Å². The zero-order chi connectivity index (χ0) is 14.2. The van der Waals surface area contributed by atoms with Crippen LogP contribution in [0.15, 0.2) is 18.2 Å².